The van der Waals surface area contributed by atoms with E-state index in [-0.39, 0.29) is 17.9 Å². The van der Waals surface area contributed by atoms with Crippen LogP contribution in [0.2, 0.25) is 5.02 Å². The predicted octanol–water partition coefficient (Wildman–Crippen LogP) is 4.50. The van der Waals surface area contributed by atoms with Crippen LogP contribution in [-0.4, -0.2) is 11.8 Å². The monoisotopic (exact) mass is 358 g/mol. The van der Waals surface area contributed by atoms with Crippen molar-refractivity contribution in [3.05, 3.63) is 64.7 Å². The first-order valence-corrected chi connectivity index (χ1v) is 8.73. The Balaban J connectivity index is 1.81. The highest BCUT2D eigenvalue weighted by Gasteiger charge is 2.10. The SMILES string of the molecule is CC(=O)Nc1cccc(C(C)NC(=O)CCCc2ccc(Cl)cc2)c1. The van der Waals surface area contributed by atoms with Crippen molar-refractivity contribution in [3.63, 3.8) is 0 Å². The van der Waals surface area contributed by atoms with Gasteiger partial charge < -0.3 is 10.6 Å². The zero-order valence-corrected chi connectivity index (χ0v) is 15.3. The molecular formula is C20H23ClN2O2. The topological polar surface area (TPSA) is 58.2 Å². The van der Waals surface area contributed by atoms with Gasteiger partial charge in [0.25, 0.3) is 0 Å². The van der Waals surface area contributed by atoms with Crippen molar-refractivity contribution in [2.45, 2.75) is 39.2 Å². The summed E-state index contributed by atoms with van der Waals surface area (Å²) in [5.74, 6) is -0.0950. The molecule has 0 aromatic heterocycles. The van der Waals surface area contributed by atoms with E-state index in [0.29, 0.717) is 6.42 Å². The van der Waals surface area contributed by atoms with Crippen molar-refractivity contribution in [2.24, 2.45) is 0 Å². The Bertz CT molecular complexity index is 729. The van der Waals surface area contributed by atoms with Crippen LogP contribution in [-0.2, 0) is 16.0 Å². The van der Waals surface area contributed by atoms with Gasteiger partial charge in [0.2, 0.25) is 11.8 Å². The van der Waals surface area contributed by atoms with Crippen molar-refractivity contribution in [3.8, 4) is 0 Å². The summed E-state index contributed by atoms with van der Waals surface area (Å²) in [5.41, 5.74) is 2.86. The number of nitrogens with one attached hydrogen (secondary N) is 2. The molecule has 2 N–H and O–H groups in total. The molecule has 2 aromatic rings. The average Bonchev–Trinajstić information content (AvgIpc) is 2.56. The van der Waals surface area contributed by atoms with E-state index in [1.165, 1.54) is 12.5 Å². The third-order valence-corrected chi connectivity index (χ3v) is 4.12. The highest BCUT2D eigenvalue weighted by atomic mass is 35.5. The normalized spacial score (nSPS) is 11.6. The number of amides is 2. The Kier molecular flexibility index (Phi) is 7.02. The zero-order valence-electron chi connectivity index (χ0n) is 14.5. The van der Waals surface area contributed by atoms with Gasteiger partial charge in [0.15, 0.2) is 0 Å². The van der Waals surface area contributed by atoms with Gasteiger partial charge in [0.05, 0.1) is 6.04 Å². The maximum atomic E-state index is 12.1. The van der Waals surface area contributed by atoms with Gasteiger partial charge >= 0.3 is 0 Å². The van der Waals surface area contributed by atoms with Gasteiger partial charge in [-0.05, 0) is 55.2 Å². The molecule has 1 atom stereocenters. The minimum absolute atomic E-state index is 0.0198. The molecule has 4 nitrogen and oxygen atoms in total. The third-order valence-electron chi connectivity index (χ3n) is 3.87. The number of hydrogen-bond donors (Lipinski definition) is 2. The summed E-state index contributed by atoms with van der Waals surface area (Å²) in [6.45, 7) is 3.41. The van der Waals surface area contributed by atoms with Crippen molar-refractivity contribution < 1.29 is 9.59 Å². The quantitative estimate of drug-likeness (QED) is 0.765. The fourth-order valence-electron chi connectivity index (χ4n) is 2.59. The molecule has 0 heterocycles. The van der Waals surface area contributed by atoms with E-state index < -0.39 is 0 Å². The van der Waals surface area contributed by atoms with Crippen LogP contribution in [0.5, 0.6) is 0 Å². The summed E-state index contributed by atoms with van der Waals surface area (Å²) in [6, 6.07) is 15.1. The van der Waals surface area contributed by atoms with Gasteiger partial charge in [0.1, 0.15) is 0 Å². The Hall–Kier alpha value is -2.33. The number of carbonyl (C=O) groups excluding carboxylic acids is 2. The number of carbonyl (C=O) groups is 2. The molecule has 0 aliphatic carbocycles. The molecule has 0 aliphatic rings. The molecule has 0 bridgehead atoms. The molecule has 0 aliphatic heterocycles. The van der Waals surface area contributed by atoms with Crippen LogP contribution in [0.1, 0.15) is 43.9 Å². The lowest BCUT2D eigenvalue weighted by Crippen LogP contribution is -2.26. The second-order valence-corrected chi connectivity index (χ2v) is 6.51. The molecule has 2 rings (SSSR count). The summed E-state index contributed by atoms with van der Waals surface area (Å²) in [5, 5.41) is 6.47. The molecule has 1 unspecified atom stereocenters. The number of aryl methyl sites for hydroxylation is 1. The van der Waals surface area contributed by atoms with E-state index in [1.807, 2.05) is 55.5 Å². The van der Waals surface area contributed by atoms with Crippen LogP contribution in [0.3, 0.4) is 0 Å². The van der Waals surface area contributed by atoms with Crippen LogP contribution in [0, 0.1) is 0 Å². The average molecular weight is 359 g/mol. The predicted molar refractivity (Wildman–Crippen MR) is 102 cm³/mol. The maximum Gasteiger partial charge on any atom is 0.221 e. The van der Waals surface area contributed by atoms with Crippen molar-refractivity contribution in [1.29, 1.82) is 0 Å². The van der Waals surface area contributed by atoms with E-state index in [4.69, 9.17) is 11.6 Å². The summed E-state index contributed by atoms with van der Waals surface area (Å²) in [7, 11) is 0. The van der Waals surface area contributed by atoms with Crippen molar-refractivity contribution >= 4 is 29.1 Å². The Morgan fingerprint density at radius 2 is 1.84 bits per heavy atom. The largest absolute Gasteiger partial charge is 0.350 e. The fraction of sp³-hybridized carbons (Fsp3) is 0.300. The van der Waals surface area contributed by atoms with Crippen molar-refractivity contribution in [1.82, 2.24) is 5.32 Å². The molecule has 2 amide bonds. The summed E-state index contributed by atoms with van der Waals surface area (Å²) in [6.07, 6.45) is 2.10. The molecule has 0 saturated heterocycles. The van der Waals surface area contributed by atoms with Gasteiger partial charge in [-0.3, -0.25) is 9.59 Å². The number of hydrogen-bond acceptors (Lipinski definition) is 2. The minimum atomic E-state index is -0.115. The van der Waals surface area contributed by atoms with Crippen LogP contribution in [0.25, 0.3) is 0 Å². The standard InChI is InChI=1S/C20H23ClN2O2/c1-14(17-6-4-7-19(13-17)23-15(2)24)22-20(25)8-3-5-16-9-11-18(21)12-10-16/h4,6-7,9-14H,3,5,8H2,1-2H3,(H,22,25)(H,23,24). The van der Waals surface area contributed by atoms with E-state index >= 15 is 0 Å². The smallest absolute Gasteiger partial charge is 0.221 e. The molecule has 25 heavy (non-hydrogen) atoms. The number of halogens is 1. The molecule has 132 valence electrons. The first-order chi connectivity index (χ1) is 11.9. The van der Waals surface area contributed by atoms with Crippen LogP contribution in [0.4, 0.5) is 5.69 Å². The second-order valence-electron chi connectivity index (χ2n) is 6.08. The van der Waals surface area contributed by atoms with Gasteiger partial charge in [-0.15, -0.1) is 0 Å². The first-order valence-electron chi connectivity index (χ1n) is 8.35. The Morgan fingerprint density at radius 3 is 2.52 bits per heavy atom. The number of anilines is 1. The van der Waals surface area contributed by atoms with Gasteiger partial charge in [-0.2, -0.15) is 0 Å². The van der Waals surface area contributed by atoms with Gasteiger partial charge in [-0.25, -0.2) is 0 Å². The summed E-state index contributed by atoms with van der Waals surface area (Å²) in [4.78, 5) is 23.3. The fourth-order valence-corrected chi connectivity index (χ4v) is 2.72. The van der Waals surface area contributed by atoms with Gasteiger partial charge in [0, 0.05) is 24.1 Å². The van der Waals surface area contributed by atoms with Crippen LogP contribution < -0.4 is 10.6 Å². The minimum Gasteiger partial charge on any atom is -0.350 e. The molecular weight excluding hydrogens is 336 g/mol. The number of rotatable bonds is 7. The molecule has 0 saturated carbocycles. The molecule has 2 aromatic carbocycles. The zero-order chi connectivity index (χ0) is 18.2. The maximum absolute atomic E-state index is 12.1. The van der Waals surface area contributed by atoms with E-state index in [2.05, 4.69) is 10.6 Å². The molecule has 0 spiro atoms. The second kappa shape index (κ2) is 9.23. The molecule has 0 fully saturated rings. The lowest BCUT2D eigenvalue weighted by Gasteiger charge is -2.15. The van der Waals surface area contributed by atoms with Crippen LogP contribution >= 0.6 is 11.6 Å². The van der Waals surface area contributed by atoms with Gasteiger partial charge in [-0.1, -0.05) is 35.9 Å². The highest BCUT2D eigenvalue weighted by Crippen LogP contribution is 2.18. The van der Waals surface area contributed by atoms with E-state index in [0.717, 1.165) is 29.1 Å². The number of benzene rings is 2. The lowest BCUT2D eigenvalue weighted by molar-refractivity contribution is -0.121. The summed E-state index contributed by atoms with van der Waals surface area (Å²) < 4.78 is 0. The Labute approximate surface area is 153 Å². The van der Waals surface area contributed by atoms with E-state index in [1.54, 1.807) is 0 Å². The van der Waals surface area contributed by atoms with Crippen molar-refractivity contribution in [2.75, 3.05) is 5.32 Å². The summed E-state index contributed by atoms with van der Waals surface area (Å²) >= 11 is 5.86. The third kappa shape index (κ3) is 6.59. The lowest BCUT2D eigenvalue weighted by atomic mass is 10.1. The molecule has 0 radical (unpaired) electrons. The van der Waals surface area contributed by atoms with Crippen LogP contribution in [0.15, 0.2) is 48.5 Å². The molecule has 5 heteroatoms. The Morgan fingerprint density at radius 1 is 1.12 bits per heavy atom. The first kappa shape index (κ1) is 19.0. The van der Waals surface area contributed by atoms with E-state index in [9.17, 15) is 9.59 Å². The highest BCUT2D eigenvalue weighted by molar-refractivity contribution is 6.30.